The first-order chi connectivity index (χ1) is 7.79. The summed E-state index contributed by atoms with van der Waals surface area (Å²) in [5.74, 6) is 0.701. The van der Waals surface area contributed by atoms with Crippen molar-refractivity contribution in [3.05, 3.63) is 30.1 Å². The van der Waals surface area contributed by atoms with E-state index in [1.807, 2.05) is 12.4 Å². The van der Waals surface area contributed by atoms with Crippen LogP contribution in [0, 0.1) is 5.92 Å². The fraction of sp³-hybridized carbons (Fsp3) is 0.615. The number of rotatable bonds is 4. The van der Waals surface area contributed by atoms with E-state index in [0.29, 0.717) is 12.0 Å². The van der Waals surface area contributed by atoms with E-state index in [9.17, 15) is 0 Å². The van der Waals surface area contributed by atoms with Gasteiger partial charge in [-0.2, -0.15) is 0 Å². The molecule has 3 heteroatoms. The number of hydrogen-bond donors (Lipinski definition) is 1. The summed E-state index contributed by atoms with van der Waals surface area (Å²) >= 11 is 0. The van der Waals surface area contributed by atoms with Crippen molar-refractivity contribution in [1.82, 2.24) is 9.88 Å². The first kappa shape index (κ1) is 11.6. The summed E-state index contributed by atoms with van der Waals surface area (Å²) in [5, 5.41) is 0. The normalized spacial score (nSPS) is 26.1. The number of nitrogens with two attached hydrogens (primary N) is 1. The Bertz CT molecular complexity index is 312. The summed E-state index contributed by atoms with van der Waals surface area (Å²) in [7, 11) is 0. The minimum Gasteiger partial charge on any atom is -0.330 e. The Morgan fingerprint density at radius 1 is 1.44 bits per heavy atom. The van der Waals surface area contributed by atoms with Crippen LogP contribution in [0.4, 0.5) is 0 Å². The molecule has 1 fully saturated rings. The van der Waals surface area contributed by atoms with Gasteiger partial charge in [0.2, 0.25) is 0 Å². The number of aromatic nitrogens is 1. The molecule has 0 bridgehead atoms. The minimum absolute atomic E-state index is 0.690. The molecule has 0 saturated carbocycles. The highest BCUT2D eigenvalue weighted by Crippen LogP contribution is 2.22. The summed E-state index contributed by atoms with van der Waals surface area (Å²) in [6.07, 6.45) is 6.11. The van der Waals surface area contributed by atoms with Gasteiger partial charge in [0.25, 0.3) is 0 Å². The second kappa shape index (κ2) is 5.41. The van der Waals surface area contributed by atoms with Crippen molar-refractivity contribution in [2.45, 2.75) is 25.8 Å². The van der Waals surface area contributed by atoms with Gasteiger partial charge in [0.1, 0.15) is 0 Å². The maximum Gasteiger partial charge on any atom is 0.0270 e. The molecule has 1 aromatic rings. The van der Waals surface area contributed by atoms with E-state index < -0.39 is 0 Å². The van der Waals surface area contributed by atoms with Crippen LogP contribution in [0.3, 0.4) is 0 Å². The summed E-state index contributed by atoms with van der Waals surface area (Å²) in [6.45, 7) is 5.45. The van der Waals surface area contributed by atoms with Crippen LogP contribution in [0.1, 0.15) is 18.9 Å². The molecule has 16 heavy (non-hydrogen) atoms. The number of pyridine rings is 1. The lowest BCUT2D eigenvalue weighted by Crippen LogP contribution is -2.30. The van der Waals surface area contributed by atoms with Crippen molar-refractivity contribution >= 4 is 0 Å². The monoisotopic (exact) mass is 219 g/mol. The van der Waals surface area contributed by atoms with Crippen LogP contribution >= 0.6 is 0 Å². The highest BCUT2D eigenvalue weighted by molar-refractivity contribution is 5.10. The number of hydrogen-bond acceptors (Lipinski definition) is 3. The van der Waals surface area contributed by atoms with Gasteiger partial charge in [-0.3, -0.25) is 9.88 Å². The molecule has 2 rings (SSSR count). The quantitative estimate of drug-likeness (QED) is 0.830. The fourth-order valence-electron chi connectivity index (χ4n) is 2.52. The lowest BCUT2D eigenvalue weighted by Gasteiger charge is -2.20. The van der Waals surface area contributed by atoms with Gasteiger partial charge < -0.3 is 5.73 Å². The summed E-state index contributed by atoms with van der Waals surface area (Å²) < 4.78 is 0. The fourth-order valence-corrected chi connectivity index (χ4v) is 2.52. The van der Waals surface area contributed by atoms with Crippen LogP contribution in [0.5, 0.6) is 0 Å². The zero-order chi connectivity index (χ0) is 11.4. The molecule has 0 amide bonds. The van der Waals surface area contributed by atoms with Crippen molar-refractivity contribution in [3.8, 4) is 0 Å². The van der Waals surface area contributed by atoms with Gasteiger partial charge in [0.05, 0.1) is 0 Å². The molecule has 1 aromatic heterocycles. The highest BCUT2D eigenvalue weighted by Gasteiger charge is 2.27. The summed E-state index contributed by atoms with van der Waals surface area (Å²) in [4.78, 5) is 6.59. The lowest BCUT2D eigenvalue weighted by atomic mass is 10.1. The SMILES string of the molecule is CC1CC(CN)CN1CCc1ccncc1. The molecular weight excluding hydrogens is 198 g/mol. The number of likely N-dealkylation sites (tertiary alicyclic amines) is 1. The Morgan fingerprint density at radius 2 is 2.19 bits per heavy atom. The average molecular weight is 219 g/mol. The second-order valence-electron chi connectivity index (χ2n) is 4.79. The number of nitrogens with zero attached hydrogens (tertiary/aromatic N) is 2. The molecule has 0 aliphatic carbocycles. The smallest absolute Gasteiger partial charge is 0.0270 e. The third kappa shape index (κ3) is 2.80. The van der Waals surface area contributed by atoms with Crippen LogP contribution in [0.25, 0.3) is 0 Å². The summed E-state index contributed by atoms with van der Waals surface area (Å²) in [5.41, 5.74) is 7.10. The molecule has 2 atom stereocenters. The van der Waals surface area contributed by atoms with Crippen LogP contribution in [0.2, 0.25) is 0 Å². The Morgan fingerprint density at radius 3 is 2.81 bits per heavy atom. The zero-order valence-corrected chi connectivity index (χ0v) is 9.97. The first-order valence-electron chi connectivity index (χ1n) is 6.12. The van der Waals surface area contributed by atoms with Crippen LogP contribution < -0.4 is 5.73 Å². The van der Waals surface area contributed by atoms with Crippen molar-refractivity contribution < 1.29 is 0 Å². The van der Waals surface area contributed by atoms with Gasteiger partial charge in [0.15, 0.2) is 0 Å². The van der Waals surface area contributed by atoms with Crippen LogP contribution in [-0.2, 0) is 6.42 Å². The Labute approximate surface area is 97.7 Å². The third-order valence-corrected chi connectivity index (χ3v) is 3.56. The van der Waals surface area contributed by atoms with Gasteiger partial charge in [-0.15, -0.1) is 0 Å². The van der Waals surface area contributed by atoms with Gasteiger partial charge in [-0.25, -0.2) is 0 Å². The molecule has 1 aliphatic heterocycles. The van der Waals surface area contributed by atoms with E-state index >= 15 is 0 Å². The summed E-state index contributed by atoms with van der Waals surface area (Å²) in [6, 6.07) is 4.89. The highest BCUT2D eigenvalue weighted by atomic mass is 15.2. The van der Waals surface area contributed by atoms with E-state index in [1.165, 1.54) is 18.5 Å². The molecule has 0 spiro atoms. The molecule has 0 aromatic carbocycles. The molecule has 2 N–H and O–H groups in total. The second-order valence-corrected chi connectivity index (χ2v) is 4.79. The predicted molar refractivity (Wildman–Crippen MR) is 66.1 cm³/mol. The van der Waals surface area contributed by atoms with Crippen LogP contribution in [0.15, 0.2) is 24.5 Å². The Hall–Kier alpha value is -0.930. The van der Waals surface area contributed by atoms with Crippen LogP contribution in [-0.4, -0.2) is 35.6 Å². The molecule has 0 radical (unpaired) electrons. The van der Waals surface area contributed by atoms with E-state index in [2.05, 4.69) is 28.9 Å². The lowest BCUT2D eigenvalue weighted by molar-refractivity contribution is 0.268. The molecular formula is C13H21N3. The zero-order valence-electron chi connectivity index (χ0n) is 9.97. The largest absolute Gasteiger partial charge is 0.330 e. The van der Waals surface area contributed by atoms with Gasteiger partial charge in [-0.1, -0.05) is 0 Å². The maximum absolute atomic E-state index is 5.73. The molecule has 88 valence electrons. The van der Waals surface area contributed by atoms with Crippen molar-refractivity contribution in [3.63, 3.8) is 0 Å². The van der Waals surface area contributed by atoms with Gasteiger partial charge in [-0.05, 0) is 49.9 Å². The molecule has 2 unspecified atom stereocenters. The van der Waals surface area contributed by atoms with Crippen molar-refractivity contribution in [2.24, 2.45) is 11.7 Å². The standard InChI is InChI=1S/C13H21N3/c1-11-8-13(9-14)10-16(11)7-4-12-2-5-15-6-3-12/h2-3,5-6,11,13H,4,7-10,14H2,1H3. The average Bonchev–Trinajstić information content (AvgIpc) is 2.69. The first-order valence-corrected chi connectivity index (χ1v) is 6.12. The Kier molecular flexibility index (Phi) is 3.91. The maximum atomic E-state index is 5.73. The third-order valence-electron chi connectivity index (χ3n) is 3.56. The van der Waals surface area contributed by atoms with E-state index in [1.54, 1.807) is 0 Å². The van der Waals surface area contributed by atoms with Gasteiger partial charge >= 0.3 is 0 Å². The molecule has 2 heterocycles. The molecule has 1 saturated heterocycles. The topological polar surface area (TPSA) is 42.1 Å². The molecule has 3 nitrogen and oxygen atoms in total. The predicted octanol–water partition coefficient (Wildman–Crippen LogP) is 1.29. The minimum atomic E-state index is 0.690. The van der Waals surface area contributed by atoms with E-state index in [0.717, 1.165) is 19.5 Å². The van der Waals surface area contributed by atoms with Crippen molar-refractivity contribution in [1.29, 1.82) is 0 Å². The van der Waals surface area contributed by atoms with E-state index in [4.69, 9.17) is 5.73 Å². The van der Waals surface area contributed by atoms with Crippen molar-refractivity contribution in [2.75, 3.05) is 19.6 Å². The Balaban J connectivity index is 1.82. The molecule has 1 aliphatic rings. The van der Waals surface area contributed by atoms with Gasteiger partial charge in [0, 0.05) is 31.5 Å². The van der Waals surface area contributed by atoms with E-state index in [-0.39, 0.29) is 0 Å².